The summed E-state index contributed by atoms with van der Waals surface area (Å²) in [7, 11) is -4.89. The predicted octanol–water partition coefficient (Wildman–Crippen LogP) is -2.81. The number of benzene rings is 1. The Kier molecular flexibility index (Phi) is 10.1. The number of aliphatic hydroxyl groups excluding tert-OH is 3. The van der Waals surface area contributed by atoms with Gasteiger partial charge in [-0.25, -0.2) is 14.3 Å². The number of aryl methyl sites for hydroxylation is 2. The van der Waals surface area contributed by atoms with Gasteiger partial charge in [-0.2, -0.15) is 4.98 Å². The average molecular weight is 497 g/mol. The quantitative estimate of drug-likeness (QED) is 0.111. The molecule has 8 N–H and O–H groups in total. The number of phosphoric acid groups is 1. The van der Waals surface area contributed by atoms with Gasteiger partial charge < -0.3 is 35.1 Å². The molecule has 3 atom stereocenters. The number of phosphoric ester groups is 1. The number of H-pyrrole nitrogens is 1. The molecule has 0 amide bonds. The maximum atomic E-state index is 12.2. The van der Waals surface area contributed by atoms with Gasteiger partial charge in [0.25, 0.3) is 5.56 Å². The molecule has 1 radical (unpaired) electrons. The molecule has 2 aliphatic heterocycles. The van der Waals surface area contributed by atoms with E-state index in [2.05, 4.69) is 14.5 Å². The van der Waals surface area contributed by atoms with Gasteiger partial charge in [-0.15, -0.1) is 0 Å². The molecular formula is C17H23N4NaO10P. The summed E-state index contributed by atoms with van der Waals surface area (Å²) in [6.07, 6.45) is -5.40. The fourth-order valence-electron chi connectivity index (χ4n) is 3.06. The zero-order valence-electron chi connectivity index (χ0n) is 18.0. The maximum absolute atomic E-state index is 12.2. The molecule has 1 aromatic carbocycles. The summed E-state index contributed by atoms with van der Waals surface area (Å²) < 4.78 is 16.2. The minimum absolute atomic E-state index is 0. The number of fused-ring (bicyclic) bond motifs is 2. The Morgan fingerprint density at radius 1 is 1.09 bits per heavy atom. The third-order valence-corrected chi connectivity index (χ3v) is 5.28. The Labute approximate surface area is 208 Å². The molecule has 0 aliphatic carbocycles. The van der Waals surface area contributed by atoms with Gasteiger partial charge in [0.15, 0.2) is 11.5 Å². The molecule has 0 unspecified atom stereocenters. The van der Waals surface area contributed by atoms with Gasteiger partial charge >= 0.3 is 13.5 Å². The zero-order chi connectivity index (χ0) is 23.1. The van der Waals surface area contributed by atoms with Gasteiger partial charge in [0, 0.05) is 29.6 Å². The van der Waals surface area contributed by atoms with Gasteiger partial charge in [0.1, 0.15) is 18.3 Å². The smallest absolute Gasteiger partial charge is 0.412 e. The van der Waals surface area contributed by atoms with Crippen molar-refractivity contribution in [2.75, 3.05) is 6.61 Å². The standard InChI is InChI=1S/C17H21N4O9P.Na.H2O/c1-7-3-9-10(4-8(7)2)21(15-13(18-9)16(25)20-17(26)19-15)5-11(22)14(24)12(23)6-30-31(27,28)29;;/h3-4,11-12,14,22-24H,5-6H2,1-2H3,(H,20,25,26)(H2,27,28,29);;1H2/t11-,12+,14-;;/m0../s1. The number of nitrogens with zero attached hydrogens (tertiary/aromatic N) is 3. The molecule has 0 saturated heterocycles. The zero-order valence-corrected chi connectivity index (χ0v) is 20.9. The minimum Gasteiger partial charge on any atom is -0.412 e. The molecule has 33 heavy (non-hydrogen) atoms. The van der Waals surface area contributed by atoms with Crippen LogP contribution in [0, 0.1) is 13.8 Å². The molecule has 14 nitrogen and oxygen atoms in total. The summed E-state index contributed by atoms with van der Waals surface area (Å²) in [4.78, 5) is 51.5. The summed E-state index contributed by atoms with van der Waals surface area (Å²) in [5.74, 6) is -0.142. The van der Waals surface area contributed by atoms with E-state index >= 15 is 0 Å². The Balaban J connectivity index is 0.00000272. The van der Waals surface area contributed by atoms with Crippen molar-refractivity contribution in [3.8, 4) is 11.5 Å². The van der Waals surface area contributed by atoms with Crippen LogP contribution in [0.2, 0.25) is 0 Å². The minimum atomic E-state index is -4.89. The third kappa shape index (κ3) is 6.74. The Morgan fingerprint density at radius 3 is 2.30 bits per heavy atom. The van der Waals surface area contributed by atoms with Crippen LogP contribution in [0.25, 0.3) is 22.6 Å². The van der Waals surface area contributed by atoms with Crippen molar-refractivity contribution < 1.29 is 39.7 Å². The molecule has 2 heterocycles. The topological polar surface area (TPSA) is 240 Å². The van der Waals surface area contributed by atoms with E-state index in [0.717, 1.165) is 11.1 Å². The van der Waals surface area contributed by atoms with Crippen LogP contribution in [0.4, 0.5) is 0 Å². The van der Waals surface area contributed by atoms with Gasteiger partial charge in [0.2, 0.25) is 0 Å². The van der Waals surface area contributed by atoms with Crippen molar-refractivity contribution in [1.82, 2.24) is 19.5 Å². The molecule has 0 aromatic heterocycles. The molecule has 0 bridgehead atoms. The first kappa shape index (κ1) is 29.5. The normalized spacial score (nSPS) is 14.4. The average Bonchev–Trinajstić information content (AvgIpc) is 2.67. The largest absolute Gasteiger partial charge is 0.469 e. The van der Waals surface area contributed by atoms with Crippen LogP contribution >= 0.6 is 7.82 Å². The fourth-order valence-corrected chi connectivity index (χ4v) is 3.41. The van der Waals surface area contributed by atoms with Crippen LogP contribution in [-0.4, -0.2) is 105 Å². The van der Waals surface area contributed by atoms with Crippen molar-refractivity contribution in [3.63, 3.8) is 0 Å². The third-order valence-electron chi connectivity index (χ3n) is 4.80. The molecule has 1 aromatic rings. The molecule has 0 fully saturated rings. The summed E-state index contributed by atoms with van der Waals surface area (Å²) in [6, 6.07) is 3.41. The molecule has 0 saturated carbocycles. The van der Waals surface area contributed by atoms with Crippen molar-refractivity contribution in [2.45, 2.75) is 38.7 Å². The second-order valence-electron chi connectivity index (χ2n) is 7.10. The van der Waals surface area contributed by atoms with E-state index < -0.39 is 50.5 Å². The number of aliphatic hydroxyl groups is 3. The number of aromatic nitrogens is 4. The molecule has 16 heteroatoms. The number of aromatic amines is 1. The first-order valence-corrected chi connectivity index (χ1v) is 10.6. The number of hydrogen-bond acceptors (Lipinski definition) is 9. The van der Waals surface area contributed by atoms with Crippen molar-refractivity contribution in [2.24, 2.45) is 0 Å². The Morgan fingerprint density at radius 2 is 1.70 bits per heavy atom. The van der Waals surface area contributed by atoms with Crippen LogP contribution in [0.3, 0.4) is 0 Å². The van der Waals surface area contributed by atoms with Gasteiger partial charge in [-0.05, 0) is 37.1 Å². The Hall–Kier alpha value is -1.55. The van der Waals surface area contributed by atoms with Crippen molar-refractivity contribution in [1.29, 1.82) is 0 Å². The van der Waals surface area contributed by atoms with Gasteiger partial charge in [-0.3, -0.25) is 14.3 Å². The molecule has 3 rings (SSSR count). The second kappa shape index (κ2) is 11.3. The molecule has 0 spiro atoms. The summed E-state index contributed by atoms with van der Waals surface area (Å²) in [5, 5.41) is 30.5. The van der Waals surface area contributed by atoms with Crippen LogP contribution in [0.1, 0.15) is 11.1 Å². The van der Waals surface area contributed by atoms with Gasteiger partial charge in [0.05, 0.1) is 24.2 Å². The van der Waals surface area contributed by atoms with E-state index in [0.29, 0.717) is 11.0 Å². The number of rotatable bonds is 7. The van der Waals surface area contributed by atoms with Crippen LogP contribution in [0.5, 0.6) is 0 Å². The van der Waals surface area contributed by atoms with Crippen LogP contribution in [0.15, 0.2) is 21.7 Å². The van der Waals surface area contributed by atoms with Crippen LogP contribution in [-0.2, 0) is 15.6 Å². The van der Waals surface area contributed by atoms with E-state index in [1.54, 1.807) is 12.1 Å². The number of nitrogens with one attached hydrogen (secondary N) is 1. The van der Waals surface area contributed by atoms with Crippen molar-refractivity contribution >= 4 is 48.4 Å². The first-order chi connectivity index (χ1) is 14.4. The second-order valence-corrected chi connectivity index (χ2v) is 8.34. The first-order valence-electron chi connectivity index (χ1n) is 9.03. The van der Waals surface area contributed by atoms with Gasteiger partial charge in [-0.1, -0.05) is 0 Å². The monoisotopic (exact) mass is 497 g/mol. The van der Waals surface area contributed by atoms with E-state index in [1.165, 1.54) is 4.57 Å². The maximum Gasteiger partial charge on any atom is 0.469 e. The molecule has 2 aliphatic rings. The Bertz CT molecular complexity index is 1260. The van der Waals surface area contributed by atoms with E-state index in [4.69, 9.17) is 9.79 Å². The number of hydrogen-bond donors (Lipinski definition) is 6. The summed E-state index contributed by atoms with van der Waals surface area (Å²) in [6.45, 7) is 2.29. The molecular weight excluding hydrogens is 474 g/mol. The van der Waals surface area contributed by atoms with Crippen molar-refractivity contribution in [3.05, 3.63) is 44.1 Å². The predicted molar refractivity (Wildman–Crippen MR) is 116 cm³/mol. The summed E-state index contributed by atoms with van der Waals surface area (Å²) >= 11 is 0. The van der Waals surface area contributed by atoms with E-state index in [9.17, 15) is 29.5 Å². The SMILES string of the molecule is Cc1cc2nc3c(=O)[nH]c(=O)nc-3n(C[C@H](O)[C@H](O)[C@H](O)COP(=O)(O)O)c2cc1C.O.[Na]. The fraction of sp³-hybridized carbons (Fsp3) is 0.412. The van der Waals surface area contributed by atoms with E-state index in [1.807, 2.05) is 18.8 Å². The van der Waals surface area contributed by atoms with E-state index in [-0.39, 0.29) is 46.6 Å². The molecule has 177 valence electrons. The van der Waals surface area contributed by atoms with Crippen LogP contribution < -0.4 is 11.2 Å². The summed E-state index contributed by atoms with van der Waals surface area (Å²) in [5.41, 5.74) is 0.618.